The first kappa shape index (κ1) is 25.0. The molecule has 0 radical (unpaired) electrons. The normalized spacial score (nSPS) is 14.1. The summed E-state index contributed by atoms with van der Waals surface area (Å²) in [7, 11) is 1.78. The monoisotopic (exact) mass is 514 g/mol. The van der Waals surface area contributed by atoms with Crippen LogP contribution in [0.25, 0.3) is 16.7 Å². The van der Waals surface area contributed by atoms with Gasteiger partial charge in [-0.1, -0.05) is 74.1 Å². The van der Waals surface area contributed by atoms with Crippen molar-refractivity contribution in [1.29, 1.82) is 0 Å². The molecule has 0 saturated heterocycles. The molecule has 0 spiro atoms. The first-order valence-corrected chi connectivity index (χ1v) is 13.3. The third-order valence-electron chi connectivity index (χ3n) is 7.27. The van der Waals surface area contributed by atoms with Crippen LogP contribution in [0.5, 0.6) is 0 Å². The molecule has 192 valence electrons. The number of nitrogens with two attached hydrogens (primary N) is 1. The lowest BCUT2D eigenvalue weighted by atomic mass is 10.1. The van der Waals surface area contributed by atoms with Gasteiger partial charge in [-0.25, -0.2) is 9.48 Å². The second-order valence-electron chi connectivity index (χ2n) is 10.2. The molecule has 0 bridgehead atoms. The van der Waals surface area contributed by atoms with Gasteiger partial charge in [-0.05, 0) is 49.9 Å². The summed E-state index contributed by atoms with van der Waals surface area (Å²) in [5.41, 5.74) is 10.0. The zero-order valence-corrected chi connectivity index (χ0v) is 22.5. The van der Waals surface area contributed by atoms with Gasteiger partial charge in [-0.2, -0.15) is 5.10 Å². The fourth-order valence-corrected chi connectivity index (χ4v) is 5.67. The number of hydrogen-bond donors (Lipinski definition) is 1. The van der Waals surface area contributed by atoms with E-state index in [0.717, 1.165) is 53.7 Å². The van der Waals surface area contributed by atoms with Gasteiger partial charge in [-0.15, -0.1) is 0 Å². The van der Waals surface area contributed by atoms with Crippen LogP contribution in [-0.2, 0) is 13.6 Å². The summed E-state index contributed by atoms with van der Waals surface area (Å²) < 4.78 is 6.01. The van der Waals surface area contributed by atoms with E-state index in [2.05, 4.69) is 37.5 Å². The standard InChI is InChI=1S/C29H34N6OS/c1-19(2)34(23-10-6-5-7-11-23)27-25-26(31-33(27)18-21-14-16-22(17-15-21)20(3)30)35(24-12-8-9-13-24)29(36)32(4)28(25)37/h5-7,10-11,14-17,19,24H,3,8-9,12-13,18,30H2,1-2,4H3. The Labute approximate surface area is 222 Å². The van der Waals surface area contributed by atoms with E-state index in [1.165, 1.54) is 0 Å². The fraction of sp³-hybridized carbons (Fsp3) is 0.345. The number of fused-ring (bicyclic) bond motifs is 1. The summed E-state index contributed by atoms with van der Waals surface area (Å²) in [6, 6.07) is 18.6. The van der Waals surface area contributed by atoms with Gasteiger partial charge in [0.15, 0.2) is 5.65 Å². The minimum atomic E-state index is -0.0952. The van der Waals surface area contributed by atoms with Crippen molar-refractivity contribution in [2.24, 2.45) is 12.8 Å². The van der Waals surface area contributed by atoms with Gasteiger partial charge >= 0.3 is 5.69 Å². The van der Waals surface area contributed by atoms with E-state index < -0.39 is 0 Å². The van der Waals surface area contributed by atoms with Crippen molar-refractivity contribution in [2.45, 2.75) is 58.2 Å². The highest BCUT2D eigenvalue weighted by Crippen LogP contribution is 2.37. The quantitative estimate of drug-likeness (QED) is 0.311. The largest absolute Gasteiger partial charge is 0.399 e. The van der Waals surface area contributed by atoms with Crippen molar-refractivity contribution in [3.05, 3.63) is 87.4 Å². The Hall–Kier alpha value is -3.65. The predicted octanol–water partition coefficient (Wildman–Crippen LogP) is 5.91. The van der Waals surface area contributed by atoms with Gasteiger partial charge in [-0.3, -0.25) is 9.13 Å². The zero-order valence-electron chi connectivity index (χ0n) is 21.7. The SMILES string of the molecule is C=C(N)c1ccc(Cn2nc3c(c2N(c2ccccc2)C(C)C)c(=S)n(C)c(=O)n3C2CCCC2)cc1. The van der Waals surface area contributed by atoms with E-state index in [4.69, 9.17) is 23.1 Å². The third kappa shape index (κ3) is 4.50. The molecular weight excluding hydrogens is 480 g/mol. The van der Waals surface area contributed by atoms with E-state index in [-0.39, 0.29) is 17.8 Å². The van der Waals surface area contributed by atoms with E-state index in [0.29, 0.717) is 22.5 Å². The average Bonchev–Trinajstić information content (AvgIpc) is 3.53. The van der Waals surface area contributed by atoms with E-state index >= 15 is 0 Å². The summed E-state index contributed by atoms with van der Waals surface area (Å²) in [6.07, 6.45) is 4.19. The Morgan fingerprint density at radius 3 is 2.38 bits per heavy atom. The Kier molecular flexibility index (Phi) is 6.77. The molecule has 1 fully saturated rings. The number of hydrogen-bond acceptors (Lipinski definition) is 5. The van der Waals surface area contributed by atoms with Crippen LogP contribution in [0.4, 0.5) is 11.5 Å². The highest BCUT2D eigenvalue weighted by atomic mass is 32.1. The van der Waals surface area contributed by atoms with Crippen molar-refractivity contribution in [1.82, 2.24) is 18.9 Å². The maximum atomic E-state index is 13.5. The molecular formula is C29H34N6OS. The number of nitrogens with zero attached hydrogens (tertiary/aromatic N) is 5. The molecule has 37 heavy (non-hydrogen) atoms. The Morgan fingerprint density at radius 2 is 1.78 bits per heavy atom. The molecule has 5 rings (SSSR count). The lowest BCUT2D eigenvalue weighted by Gasteiger charge is -2.30. The number of rotatable bonds is 7. The summed E-state index contributed by atoms with van der Waals surface area (Å²) in [5, 5.41) is 5.96. The fourth-order valence-electron chi connectivity index (χ4n) is 5.40. The predicted molar refractivity (Wildman–Crippen MR) is 154 cm³/mol. The van der Waals surface area contributed by atoms with Crippen LogP contribution in [-0.4, -0.2) is 25.0 Å². The summed E-state index contributed by atoms with van der Waals surface area (Å²) >= 11 is 5.93. The van der Waals surface area contributed by atoms with Gasteiger partial charge in [0, 0.05) is 30.5 Å². The Bertz CT molecular complexity index is 1560. The van der Waals surface area contributed by atoms with Crippen LogP contribution in [0.1, 0.15) is 56.7 Å². The van der Waals surface area contributed by atoms with E-state index in [1.807, 2.05) is 51.7 Å². The molecule has 7 nitrogen and oxygen atoms in total. The van der Waals surface area contributed by atoms with Crippen molar-refractivity contribution in [3.8, 4) is 0 Å². The van der Waals surface area contributed by atoms with Crippen molar-refractivity contribution >= 4 is 40.5 Å². The van der Waals surface area contributed by atoms with Crippen LogP contribution >= 0.6 is 12.2 Å². The van der Waals surface area contributed by atoms with Crippen LogP contribution in [0, 0.1) is 4.64 Å². The summed E-state index contributed by atoms with van der Waals surface area (Å²) in [5.74, 6) is 0.899. The second-order valence-corrected chi connectivity index (χ2v) is 10.5. The van der Waals surface area contributed by atoms with Crippen molar-refractivity contribution in [3.63, 3.8) is 0 Å². The smallest absolute Gasteiger partial charge is 0.330 e. The molecule has 1 saturated carbocycles. The van der Waals surface area contributed by atoms with Gasteiger partial charge in [0.2, 0.25) is 0 Å². The number of anilines is 2. The van der Waals surface area contributed by atoms with Crippen LogP contribution in [0.3, 0.4) is 0 Å². The molecule has 0 atom stereocenters. The lowest BCUT2D eigenvalue weighted by molar-refractivity contribution is 0.488. The molecule has 1 aliphatic rings. The second kappa shape index (κ2) is 10.0. The van der Waals surface area contributed by atoms with Gasteiger partial charge in [0.05, 0.1) is 11.9 Å². The average molecular weight is 515 g/mol. The summed E-state index contributed by atoms with van der Waals surface area (Å²) in [6.45, 7) is 8.68. The number of benzene rings is 2. The minimum Gasteiger partial charge on any atom is -0.399 e. The molecule has 2 aromatic carbocycles. The Morgan fingerprint density at radius 1 is 1.14 bits per heavy atom. The maximum Gasteiger partial charge on any atom is 0.330 e. The summed E-state index contributed by atoms with van der Waals surface area (Å²) in [4.78, 5) is 15.8. The lowest BCUT2D eigenvalue weighted by Crippen LogP contribution is -2.32. The topological polar surface area (TPSA) is 74.0 Å². The third-order valence-corrected chi connectivity index (χ3v) is 7.75. The Balaban J connectivity index is 1.80. The van der Waals surface area contributed by atoms with Crippen molar-refractivity contribution in [2.75, 3.05) is 4.90 Å². The highest BCUT2D eigenvalue weighted by molar-refractivity contribution is 7.71. The van der Waals surface area contributed by atoms with Gasteiger partial charge < -0.3 is 10.6 Å². The van der Waals surface area contributed by atoms with Gasteiger partial charge in [0.25, 0.3) is 0 Å². The highest BCUT2D eigenvalue weighted by Gasteiger charge is 2.29. The zero-order chi connectivity index (χ0) is 26.3. The van der Waals surface area contributed by atoms with Crippen LogP contribution in [0.15, 0.2) is 66.0 Å². The first-order chi connectivity index (χ1) is 17.8. The molecule has 8 heteroatoms. The number of aromatic nitrogens is 4. The molecule has 0 unspecified atom stereocenters. The van der Waals surface area contributed by atoms with E-state index in [1.54, 1.807) is 11.6 Å². The molecule has 2 N–H and O–H groups in total. The number of para-hydroxylation sites is 1. The van der Waals surface area contributed by atoms with Crippen molar-refractivity contribution < 1.29 is 0 Å². The molecule has 4 aromatic rings. The van der Waals surface area contributed by atoms with Crippen LogP contribution < -0.4 is 16.3 Å². The minimum absolute atomic E-state index is 0.0952. The molecule has 0 amide bonds. The van der Waals surface area contributed by atoms with E-state index in [9.17, 15) is 4.79 Å². The van der Waals surface area contributed by atoms with Crippen LogP contribution in [0.2, 0.25) is 0 Å². The van der Waals surface area contributed by atoms with Gasteiger partial charge in [0.1, 0.15) is 10.5 Å². The molecule has 2 aromatic heterocycles. The molecule has 0 aliphatic heterocycles. The molecule has 2 heterocycles. The molecule has 1 aliphatic carbocycles. The maximum absolute atomic E-state index is 13.5. The first-order valence-electron chi connectivity index (χ1n) is 12.9.